The lowest BCUT2D eigenvalue weighted by Gasteiger charge is -2.56. The molecule has 9 atom stereocenters. The average molecular weight is 337 g/mol. The fraction of sp³-hybridized carbons (Fsp3) is 1.00. The number of hydrogen-bond acceptors (Lipinski definition) is 1. The van der Waals surface area contributed by atoms with Gasteiger partial charge in [-0.15, -0.1) is 0 Å². The van der Waals surface area contributed by atoms with Gasteiger partial charge in [0.2, 0.25) is 0 Å². The molecule has 2 bridgehead atoms. The molecule has 132 valence electrons. The van der Waals surface area contributed by atoms with Gasteiger partial charge in [-0.25, -0.2) is 0 Å². The van der Waals surface area contributed by atoms with Gasteiger partial charge in [0, 0.05) is 25.9 Å². The van der Waals surface area contributed by atoms with E-state index in [0.29, 0.717) is 6.04 Å². The van der Waals surface area contributed by atoms with E-state index in [2.05, 4.69) is 20.5 Å². The van der Waals surface area contributed by atoms with Crippen molar-refractivity contribution in [1.82, 2.24) is 0 Å². The minimum atomic E-state index is -0.703. The van der Waals surface area contributed by atoms with Crippen LogP contribution in [0.2, 0.25) is 0 Å². The van der Waals surface area contributed by atoms with E-state index < -0.39 is 7.26 Å². The van der Waals surface area contributed by atoms with Gasteiger partial charge in [0.15, 0.2) is 0 Å². The van der Waals surface area contributed by atoms with Crippen molar-refractivity contribution in [1.29, 1.82) is 0 Å². The fourth-order valence-corrected chi connectivity index (χ4v) is 14.5. The van der Waals surface area contributed by atoms with E-state index in [1.807, 2.05) is 0 Å². The predicted octanol–water partition coefficient (Wildman–Crippen LogP) is 5.38. The molecule has 0 aromatic rings. The number of nitrogens with two attached hydrogens (primary N) is 1. The summed E-state index contributed by atoms with van der Waals surface area (Å²) < 4.78 is 0. The summed E-state index contributed by atoms with van der Waals surface area (Å²) in [5.74, 6) is 5.20. The lowest BCUT2D eigenvalue weighted by Crippen LogP contribution is -2.52. The van der Waals surface area contributed by atoms with Gasteiger partial charge in [0.05, 0.1) is 17.5 Å². The van der Waals surface area contributed by atoms with Crippen molar-refractivity contribution in [2.45, 2.75) is 89.0 Å². The Hall–Kier alpha value is 0.390. The molecule has 2 N–H and O–H groups in total. The summed E-state index contributed by atoms with van der Waals surface area (Å²) in [4.78, 5) is 0. The highest BCUT2D eigenvalue weighted by Crippen LogP contribution is 2.84. The largest absolute Gasteiger partial charge is 0.328 e. The molecule has 2 aliphatic heterocycles. The van der Waals surface area contributed by atoms with Crippen molar-refractivity contribution < 1.29 is 0 Å². The van der Waals surface area contributed by atoms with Gasteiger partial charge in [-0.1, -0.05) is 13.8 Å². The maximum absolute atomic E-state index is 6.55. The molecule has 2 saturated heterocycles. The van der Waals surface area contributed by atoms with Gasteiger partial charge in [0.1, 0.15) is 0 Å². The standard InChI is InChI=1S/C21H39NP/c1-4-20-19-10-9-18-16-7-6-15(13-23(20,3)21(18)19)12-17(22)8-5-14(2)11-16/h14-21H,4-13,22H2,1-3H3/q+1. The molecule has 2 heteroatoms. The first kappa shape index (κ1) is 16.8. The topological polar surface area (TPSA) is 26.0 Å². The summed E-state index contributed by atoms with van der Waals surface area (Å²) in [6.07, 6.45) is 14.8. The van der Waals surface area contributed by atoms with Crippen LogP contribution in [0.1, 0.15) is 71.6 Å². The van der Waals surface area contributed by atoms with E-state index in [4.69, 9.17) is 5.73 Å². The zero-order chi connectivity index (χ0) is 16.2. The van der Waals surface area contributed by atoms with Crippen LogP contribution < -0.4 is 5.73 Å². The Balaban J connectivity index is 1.65. The molecule has 2 heterocycles. The first-order valence-electron chi connectivity index (χ1n) is 10.6. The molecule has 0 aromatic carbocycles. The van der Waals surface area contributed by atoms with E-state index in [1.165, 1.54) is 50.6 Å². The number of fused-ring (bicyclic) bond motifs is 4. The second kappa shape index (κ2) is 6.28. The second-order valence-corrected chi connectivity index (χ2v) is 14.3. The minimum Gasteiger partial charge on any atom is -0.328 e. The van der Waals surface area contributed by atoms with E-state index in [9.17, 15) is 0 Å². The monoisotopic (exact) mass is 336 g/mol. The van der Waals surface area contributed by atoms with Crippen LogP contribution in [-0.4, -0.2) is 30.2 Å². The lowest BCUT2D eigenvalue weighted by molar-refractivity contribution is 0.203. The Morgan fingerprint density at radius 2 is 1.74 bits per heavy atom. The summed E-state index contributed by atoms with van der Waals surface area (Å²) in [5.41, 5.74) is 8.87. The highest BCUT2D eigenvalue weighted by Gasteiger charge is 2.70. The molecular weight excluding hydrogens is 297 g/mol. The Bertz CT molecular complexity index is 438. The summed E-state index contributed by atoms with van der Waals surface area (Å²) in [5, 5.41) is 0. The van der Waals surface area contributed by atoms with Crippen LogP contribution in [-0.2, 0) is 0 Å². The lowest BCUT2D eigenvalue weighted by atomic mass is 9.75. The van der Waals surface area contributed by atoms with E-state index in [-0.39, 0.29) is 0 Å². The fourth-order valence-electron chi connectivity index (χ4n) is 7.86. The van der Waals surface area contributed by atoms with Crippen molar-refractivity contribution >= 4 is 7.26 Å². The van der Waals surface area contributed by atoms with Crippen molar-refractivity contribution in [3.8, 4) is 0 Å². The zero-order valence-electron chi connectivity index (χ0n) is 15.7. The van der Waals surface area contributed by atoms with Gasteiger partial charge in [-0.3, -0.25) is 0 Å². The molecule has 23 heavy (non-hydrogen) atoms. The third kappa shape index (κ3) is 2.73. The third-order valence-corrected chi connectivity index (χ3v) is 14.3. The normalized spacial score (nSPS) is 56.3. The van der Waals surface area contributed by atoms with Crippen LogP contribution in [0.4, 0.5) is 0 Å². The Kier molecular flexibility index (Phi) is 4.60. The predicted molar refractivity (Wildman–Crippen MR) is 104 cm³/mol. The Morgan fingerprint density at radius 1 is 0.957 bits per heavy atom. The van der Waals surface area contributed by atoms with E-state index in [0.717, 1.165) is 35.2 Å². The minimum absolute atomic E-state index is 0.488. The third-order valence-electron chi connectivity index (χ3n) is 8.64. The zero-order valence-corrected chi connectivity index (χ0v) is 16.6. The molecule has 9 unspecified atom stereocenters. The smallest absolute Gasteiger partial charge is 0.0794 e. The summed E-state index contributed by atoms with van der Waals surface area (Å²) >= 11 is 0. The highest BCUT2D eigenvalue weighted by molar-refractivity contribution is 7.78. The van der Waals surface area contributed by atoms with Crippen LogP contribution >= 0.6 is 7.26 Å². The van der Waals surface area contributed by atoms with Gasteiger partial charge < -0.3 is 5.73 Å². The van der Waals surface area contributed by atoms with Gasteiger partial charge in [0.25, 0.3) is 0 Å². The van der Waals surface area contributed by atoms with Gasteiger partial charge >= 0.3 is 0 Å². The molecule has 4 aliphatic rings. The quantitative estimate of drug-likeness (QED) is 0.639. The Labute approximate surface area is 144 Å². The summed E-state index contributed by atoms with van der Waals surface area (Å²) in [7, 11) is -0.703. The maximum atomic E-state index is 6.55. The van der Waals surface area contributed by atoms with Gasteiger partial charge in [-0.2, -0.15) is 0 Å². The van der Waals surface area contributed by atoms with Crippen LogP contribution in [0.25, 0.3) is 0 Å². The average Bonchev–Trinajstić information content (AvgIpc) is 2.88. The summed E-state index contributed by atoms with van der Waals surface area (Å²) in [6, 6.07) is 0.488. The number of rotatable bonds is 1. The summed E-state index contributed by atoms with van der Waals surface area (Å²) in [6.45, 7) is 7.80. The molecule has 2 saturated carbocycles. The van der Waals surface area contributed by atoms with Crippen molar-refractivity contribution in [2.24, 2.45) is 35.3 Å². The molecule has 0 spiro atoms. The molecule has 2 aliphatic carbocycles. The van der Waals surface area contributed by atoms with Crippen LogP contribution in [0.15, 0.2) is 0 Å². The first-order valence-corrected chi connectivity index (χ1v) is 13.2. The van der Waals surface area contributed by atoms with Gasteiger partial charge in [-0.05, 0) is 81.5 Å². The molecule has 4 rings (SSSR count). The molecule has 0 amide bonds. The van der Waals surface area contributed by atoms with Crippen molar-refractivity contribution in [3.05, 3.63) is 0 Å². The van der Waals surface area contributed by atoms with E-state index >= 15 is 0 Å². The maximum Gasteiger partial charge on any atom is 0.0794 e. The van der Waals surface area contributed by atoms with Crippen LogP contribution in [0.3, 0.4) is 0 Å². The SMILES string of the molecule is CCC1C2CCC3C4CCC(CC(N)CCC(C)C4)C[P+]1(C)C32. The van der Waals surface area contributed by atoms with E-state index in [1.54, 1.807) is 19.0 Å². The molecule has 4 fully saturated rings. The second-order valence-electron chi connectivity index (χ2n) is 10.0. The molecule has 0 radical (unpaired) electrons. The first-order chi connectivity index (χ1) is 11.0. The Morgan fingerprint density at radius 3 is 2.52 bits per heavy atom. The van der Waals surface area contributed by atoms with Crippen molar-refractivity contribution in [3.63, 3.8) is 0 Å². The number of hydrogen-bond donors (Lipinski definition) is 1. The molecule has 1 nitrogen and oxygen atoms in total. The molecule has 0 aromatic heterocycles. The highest BCUT2D eigenvalue weighted by atomic mass is 31.2. The van der Waals surface area contributed by atoms with Crippen LogP contribution in [0, 0.1) is 29.6 Å². The van der Waals surface area contributed by atoms with Crippen molar-refractivity contribution in [2.75, 3.05) is 12.8 Å². The molecular formula is C21H39NP+. The van der Waals surface area contributed by atoms with Crippen LogP contribution in [0.5, 0.6) is 0 Å².